The van der Waals surface area contributed by atoms with Gasteiger partial charge in [-0.15, -0.1) is 0 Å². The summed E-state index contributed by atoms with van der Waals surface area (Å²) in [6.07, 6.45) is 10.8. The Kier molecular flexibility index (Phi) is 5.14. The van der Waals surface area contributed by atoms with Gasteiger partial charge < -0.3 is 15.2 Å². The van der Waals surface area contributed by atoms with Gasteiger partial charge in [-0.3, -0.25) is 4.68 Å². The second-order valence-electron chi connectivity index (χ2n) is 6.55. The molecule has 3 rings (SSSR count). The third-order valence-electron chi connectivity index (χ3n) is 4.77. The van der Waals surface area contributed by atoms with E-state index in [1.54, 1.807) is 0 Å². The van der Waals surface area contributed by atoms with Gasteiger partial charge >= 0.3 is 0 Å². The fourth-order valence-corrected chi connectivity index (χ4v) is 3.28. The standard InChI is InChI=1S/C16H27N3O2/c17-15-3-1-14(2-4-15)12-21-16-9-18-19(11-16)10-13-5-7-20-8-6-13/h9,11,13-15H,1-8,10,12,17H2. The average Bonchev–Trinajstić information content (AvgIpc) is 2.95. The number of hydrogen-bond acceptors (Lipinski definition) is 4. The van der Waals surface area contributed by atoms with Crippen LogP contribution < -0.4 is 10.5 Å². The van der Waals surface area contributed by atoms with Crippen LogP contribution in [0.2, 0.25) is 0 Å². The van der Waals surface area contributed by atoms with Crippen molar-refractivity contribution in [1.29, 1.82) is 0 Å². The number of hydrogen-bond donors (Lipinski definition) is 1. The van der Waals surface area contributed by atoms with Crippen molar-refractivity contribution in [2.45, 2.75) is 51.1 Å². The van der Waals surface area contributed by atoms with E-state index < -0.39 is 0 Å². The van der Waals surface area contributed by atoms with Gasteiger partial charge in [-0.05, 0) is 50.4 Å². The summed E-state index contributed by atoms with van der Waals surface area (Å²) in [6, 6.07) is 0.406. The molecule has 1 saturated heterocycles. The molecule has 2 N–H and O–H groups in total. The molecule has 21 heavy (non-hydrogen) atoms. The average molecular weight is 293 g/mol. The van der Waals surface area contributed by atoms with Gasteiger partial charge in [0, 0.05) is 25.8 Å². The van der Waals surface area contributed by atoms with E-state index in [9.17, 15) is 0 Å². The third kappa shape index (κ3) is 4.45. The molecule has 0 unspecified atom stereocenters. The van der Waals surface area contributed by atoms with Crippen molar-refractivity contribution in [1.82, 2.24) is 9.78 Å². The molecule has 0 aromatic carbocycles. The van der Waals surface area contributed by atoms with Crippen molar-refractivity contribution in [3.8, 4) is 5.75 Å². The first-order valence-corrected chi connectivity index (χ1v) is 8.28. The Balaban J connectivity index is 1.42. The van der Waals surface area contributed by atoms with Crippen LogP contribution in [0.4, 0.5) is 0 Å². The zero-order chi connectivity index (χ0) is 14.5. The fraction of sp³-hybridized carbons (Fsp3) is 0.812. The molecule has 1 saturated carbocycles. The molecule has 2 fully saturated rings. The first kappa shape index (κ1) is 14.9. The quantitative estimate of drug-likeness (QED) is 0.904. The molecule has 118 valence electrons. The molecule has 1 aliphatic carbocycles. The van der Waals surface area contributed by atoms with Crippen LogP contribution >= 0.6 is 0 Å². The van der Waals surface area contributed by atoms with Gasteiger partial charge in [0.2, 0.25) is 0 Å². The molecule has 0 amide bonds. The zero-order valence-electron chi connectivity index (χ0n) is 12.7. The van der Waals surface area contributed by atoms with Gasteiger partial charge in [0.05, 0.1) is 19.0 Å². The summed E-state index contributed by atoms with van der Waals surface area (Å²) >= 11 is 0. The number of ether oxygens (including phenoxy) is 2. The monoisotopic (exact) mass is 293 g/mol. The lowest BCUT2D eigenvalue weighted by molar-refractivity contribution is 0.0601. The van der Waals surface area contributed by atoms with Gasteiger partial charge in [-0.25, -0.2) is 0 Å². The van der Waals surface area contributed by atoms with Crippen LogP contribution in [-0.2, 0) is 11.3 Å². The van der Waals surface area contributed by atoms with E-state index >= 15 is 0 Å². The van der Waals surface area contributed by atoms with E-state index in [1.807, 2.05) is 17.1 Å². The number of nitrogens with two attached hydrogens (primary N) is 1. The predicted octanol–water partition coefficient (Wildman–Crippen LogP) is 2.21. The van der Waals surface area contributed by atoms with Crippen molar-refractivity contribution in [3.05, 3.63) is 12.4 Å². The molecule has 1 aromatic rings. The topological polar surface area (TPSA) is 62.3 Å². The molecule has 1 aromatic heterocycles. The minimum atomic E-state index is 0.406. The summed E-state index contributed by atoms with van der Waals surface area (Å²) in [5.41, 5.74) is 5.93. The molecule has 0 spiro atoms. The second-order valence-corrected chi connectivity index (χ2v) is 6.55. The summed E-state index contributed by atoms with van der Waals surface area (Å²) in [4.78, 5) is 0. The summed E-state index contributed by atoms with van der Waals surface area (Å²) < 4.78 is 13.3. The SMILES string of the molecule is NC1CCC(COc2cnn(CC3CCOCC3)c2)CC1. The summed E-state index contributed by atoms with van der Waals surface area (Å²) in [5, 5.41) is 4.42. The highest BCUT2D eigenvalue weighted by atomic mass is 16.5. The van der Waals surface area contributed by atoms with Crippen molar-refractivity contribution in [3.63, 3.8) is 0 Å². The van der Waals surface area contributed by atoms with Crippen LogP contribution in [0.25, 0.3) is 0 Å². The predicted molar refractivity (Wildman–Crippen MR) is 81.2 cm³/mol. The largest absolute Gasteiger partial charge is 0.490 e. The highest BCUT2D eigenvalue weighted by molar-refractivity contribution is 5.11. The lowest BCUT2D eigenvalue weighted by Crippen LogP contribution is -2.28. The van der Waals surface area contributed by atoms with Crippen molar-refractivity contribution in [2.24, 2.45) is 17.6 Å². The Morgan fingerprint density at radius 2 is 1.90 bits per heavy atom. The van der Waals surface area contributed by atoms with E-state index in [2.05, 4.69) is 5.10 Å². The smallest absolute Gasteiger partial charge is 0.157 e. The molecule has 1 aliphatic heterocycles. The van der Waals surface area contributed by atoms with Crippen LogP contribution in [0.15, 0.2) is 12.4 Å². The van der Waals surface area contributed by atoms with Gasteiger partial charge in [0.25, 0.3) is 0 Å². The van der Waals surface area contributed by atoms with Gasteiger partial charge in [-0.2, -0.15) is 5.10 Å². The zero-order valence-corrected chi connectivity index (χ0v) is 12.7. The van der Waals surface area contributed by atoms with Crippen LogP contribution in [0, 0.1) is 11.8 Å². The Morgan fingerprint density at radius 3 is 2.67 bits per heavy atom. The molecule has 0 radical (unpaired) electrons. The Hall–Kier alpha value is -1.07. The van der Waals surface area contributed by atoms with Crippen molar-refractivity contribution >= 4 is 0 Å². The van der Waals surface area contributed by atoms with Crippen molar-refractivity contribution in [2.75, 3.05) is 19.8 Å². The Bertz CT molecular complexity index is 421. The van der Waals surface area contributed by atoms with Crippen molar-refractivity contribution < 1.29 is 9.47 Å². The summed E-state index contributed by atoms with van der Waals surface area (Å²) in [6.45, 7) is 3.55. The minimum Gasteiger partial charge on any atom is -0.490 e. The lowest BCUT2D eigenvalue weighted by atomic mass is 9.87. The second kappa shape index (κ2) is 7.27. The summed E-state index contributed by atoms with van der Waals surface area (Å²) in [5.74, 6) is 2.24. The van der Waals surface area contributed by atoms with Crippen LogP contribution in [0.3, 0.4) is 0 Å². The van der Waals surface area contributed by atoms with E-state index in [1.165, 1.54) is 12.8 Å². The van der Waals surface area contributed by atoms with E-state index in [0.29, 0.717) is 17.9 Å². The molecule has 5 heteroatoms. The summed E-state index contributed by atoms with van der Waals surface area (Å²) in [7, 11) is 0. The van der Waals surface area contributed by atoms with Crippen LogP contribution in [0.1, 0.15) is 38.5 Å². The maximum atomic E-state index is 5.93. The normalized spacial score (nSPS) is 27.7. The van der Waals surface area contributed by atoms with E-state index in [-0.39, 0.29) is 0 Å². The molecular formula is C16H27N3O2. The number of aromatic nitrogens is 2. The fourth-order valence-electron chi connectivity index (χ4n) is 3.28. The van der Waals surface area contributed by atoms with E-state index in [4.69, 9.17) is 15.2 Å². The van der Waals surface area contributed by atoms with Gasteiger partial charge in [0.1, 0.15) is 0 Å². The van der Waals surface area contributed by atoms with Crippen LogP contribution in [-0.4, -0.2) is 35.6 Å². The first-order chi connectivity index (χ1) is 10.3. The van der Waals surface area contributed by atoms with Crippen LogP contribution in [0.5, 0.6) is 5.75 Å². The molecule has 5 nitrogen and oxygen atoms in total. The Morgan fingerprint density at radius 1 is 1.14 bits per heavy atom. The molecule has 2 aliphatic rings. The van der Waals surface area contributed by atoms with Gasteiger partial charge in [-0.1, -0.05) is 0 Å². The van der Waals surface area contributed by atoms with E-state index in [0.717, 1.165) is 57.8 Å². The Labute approximate surface area is 126 Å². The molecule has 0 bridgehead atoms. The molecule has 2 heterocycles. The maximum Gasteiger partial charge on any atom is 0.157 e. The highest BCUT2D eigenvalue weighted by Gasteiger charge is 2.19. The first-order valence-electron chi connectivity index (χ1n) is 8.28. The molecular weight excluding hydrogens is 266 g/mol. The highest BCUT2D eigenvalue weighted by Crippen LogP contribution is 2.24. The minimum absolute atomic E-state index is 0.406. The third-order valence-corrected chi connectivity index (χ3v) is 4.77. The lowest BCUT2D eigenvalue weighted by Gasteiger charge is -2.25. The molecule has 0 atom stereocenters. The number of nitrogens with zero attached hydrogens (tertiary/aromatic N) is 2. The number of rotatable bonds is 5. The van der Waals surface area contributed by atoms with Gasteiger partial charge in [0.15, 0.2) is 5.75 Å². The maximum absolute atomic E-state index is 5.93.